The second-order valence-electron chi connectivity index (χ2n) is 6.99. The molecular weight excluding hydrogens is 384 g/mol. The molecular formula is C22H14N4S2. The molecule has 2 heterocycles. The molecule has 0 aromatic carbocycles. The van der Waals surface area contributed by atoms with Gasteiger partial charge in [0.05, 0.1) is 0 Å². The third kappa shape index (κ3) is 2.76. The van der Waals surface area contributed by atoms with Crippen LogP contribution in [0.25, 0.3) is 21.9 Å². The Bertz CT molecular complexity index is 1070. The van der Waals surface area contributed by atoms with Crippen LogP contribution >= 0.6 is 22.7 Å². The quantitative estimate of drug-likeness (QED) is 0.588. The van der Waals surface area contributed by atoms with Crippen LogP contribution in [-0.2, 0) is 5.41 Å². The minimum atomic E-state index is -0.0208. The first-order valence-electron chi connectivity index (χ1n) is 8.98. The van der Waals surface area contributed by atoms with Gasteiger partial charge in [0.15, 0.2) is 0 Å². The van der Waals surface area contributed by atoms with Gasteiger partial charge in [-0.05, 0) is 48.3 Å². The van der Waals surface area contributed by atoms with Crippen LogP contribution in [0.1, 0.15) is 53.0 Å². The third-order valence-corrected chi connectivity index (χ3v) is 7.83. The van der Waals surface area contributed by atoms with Gasteiger partial charge in [0.1, 0.15) is 35.4 Å². The van der Waals surface area contributed by atoms with Crippen molar-refractivity contribution in [3.05, 3.63) is 44.2 Å². The van der Waals surface area contributed by atoms with Crippen molar-refractivity contribution in [1.82, 2.24) is 0 Å². The Morgan fingerprint density at radius 2 is 1.18 bits per heavy atom. The number of nitriles is 4. The summed E-state index contributed by atoms with van der Waals surface area (Å²) in [6.45, 7) is 0. The lowest BCUT2D eigenvalue weighted by atomic mass is 9.68. The summed E-state index contributed by atoms with van der Waals surface area (Å²) >= 11 is 3.23. The molecule has 2 aromatic rings. The topological polar surface area (TPSA) is 95.2 Å². The highest BCUT2D eigenvalue weighted by Gasteiger charge is 2.46. The normalized spacial score (nSPS) is 15.3. The summed E-state index contributed by atoms with van der Waals surface area (Å²) in [5, 5.41) is 36.3. The van der Waals surface area contributed by atoms with E-state index in [9.17, 15) is 0 Å². The fourth-order valence-electron chi connectivity index (χ4n) is 4.31. The lowest BCUT2D eigenvalue weighted by molar-refractivity contribution is 0.353. The van der Waals surface area contributed by atoms with Crippen LogP contribution in [0.4, 0.5) is 0 Å². The Kier molecular flexibility index (Phi) is 4.62. The zero-order chi connectivity index (χ0) is 19.7. The van der Waals surface area contributed by atoms with E-state index in [0.717, 1.165) is 22.6 Å². The number of fused-ring (bicyclic) bond motifs is 5. The Hall–Kier alpha value is -3.16. The summed E-state index contributed by atoms with van der Waals surface area (Å²) in [6.07, 6.45) is 9.07. The van der Waals surface area contributed by atoms with E-state index in [4.69, 9.17) is 21.0 Å². The molecule has 2 aromatic heterocycles. The van der Waals surface area contributed by atoms with Gasteiger partial charge in [-0.15, -0.1) is 22.7 Å². The molecule has 4 nitrogen and oxygen atoms in total. The van der Waals surface area contributed by atoms with Crippen molar-refractivity contribution >= 4 is 34.8 Å². The lowest BCUT2D eigenvalue weighted by Crippen LogP contribution is -2.27. The summed E-state index contributed by atoms with van der Waals surface area (Å²) in [7, 11) is 0. The molecule has 0 unspecified atom stereocenters. The lowest BCUT2D eigenvalue weighted by Gasteiger charge is -2.34. The summed E-state index contributed by atoms with van der Waals surface area (Å²) in [4.78, 5) is 4.27. The molecule has 0 amide bonds. The van der Waals surface area contributed by atoms with E-state index in [-0.39, 0.29) is 16.6 Å². The van der Waals surface area contributed by atoms with E-state index < -0.39 is 0 Å². The predicted molar refractivity (Wildman–Crippen MR) is 110 cm³/mol. The van der Waals surface area contributed by atoms with Crippen LogP contribution in [0, 0.1) is 45.3 Å². The van der Waals surface area contributed by atoms with Gasteiger partial charge in [0, 0.05) is 24.9 Å². The Labute approximate surface area is 171 Å². The second-order valence-corrected chi connectivity index (χ2v) is 9.16. The minimum absolute atomic E-state index is 0.0208. The Morgan fingerprint density at radius 1 is 0.750 bits per heavy atom. The first kappa shape index (κ1) is 18.2. The molecule has 0 N–H and O–H groups in total. The van der Waals surface area contributed by atoms with Gasteiger partial charge in [-0.1, -0.05) is 19.3 Å². The number of hydrogen-bond acceptors (Lipinski definition) is 6. The van der Waals surface area contributed by atoms with E-state index in [0.29, 0.717) is 0 Å². The molecule has 6 heteroatoms. The van der Waals surface area contributed by atoms with Crippen LogP contribution in [0.3, 0.4) is 0 Å². The van der Waals surface area contributed by atoms with Gasteiger partial charge in [-0.3, -0.25) is 0 Å². The van der Waals surface area contributed by atoms with Crippen LogP contribution < -0.4 is 0 Å². The van der Waals surface area contributed by atoms with Gasteiger partial charge >= 0.3 is 0 Å². The van der Waals surface area contributed by atoms with E-state index in [1.54, 1.807) is 34.8 Å². The molecule has 1 saturated carbocycles. The van der Waals surface area contributed by atoms with Crippen LogP contribution in [-0.4, -0.2) is 0 Å². The zero-order valence-corrected chi connectivity index (χ0v) is 16.6. The van der Waals surface area contributed by atoms with Crippen molar-refractivity contribution in [2.24, 2.45) is 0 Å². The number of allylic oxidation sites excluding steroid dienone is 2. The molecule has 4 rings (SSSR count). The molecule has 2 aliphatic carbocycles. The van der Waals surface area contributed by atoms with Gasteiger partial charge < -0.3 is 0 Å². The third-order valence-electron chi connectivity index (χ3n) is 5.50. The van der Waals surface area contributed by atoms with Crippen molar-refractivity contribution in [2.45, 2.75) is 37.5 Å². The highest BCUT2D eigenvalue weighted by atomic mass is 32.1. The van der Waals surface area contributed by atoms with E-state index >= 15 is 0 Å². The van der Waals surface area contributed by atoms with Crippen molar-refractivity contribution in [3.8, 4) is 34.0 Å². The van der Waals surface area contributed by atoms with Crippen molar-refractivity contribution in [3.63, 3.8) is 0 Å². The maximum absolute atomic E-state index is 9.08. The molecule has 0 aliphatic heterocycles. The summed E-state index contributed by atoms with van der Waals surface area (Å²) in [5.41, 5.74) is 2.83. The monoisotopic (exact) mass is 398 g/mol. The molecule has 1 spiro atoms. The summed E-state index contributed by atoms with van der Waals surface area (Å²) in [6, 6.07) is 12.0. The van der Waals surface area contributed by atoms with Gasteiger partial charge in [-0.25, -0.2) is 0 Å². The average molecular weight is 399 g/mol. The minimum Gasteiger partial charge on any atom is -0.192 e. The Balaban J connectivity index is 1.89. The molecule has 0 saturated heterocycles. The molecule has 0 radical (unpaired) electrons. The fourth-order valence-corrected chi connectivity index (χ4v) is 6.88. The highest BCUT2D eigenvalue weighted by molar-refractivity contribution is 7.23. The van der Waals surface area contributed by atoms with Crippen molar-refractivity contribution in [2.75, 3.05) is 0 Å². The van der Waals surface area contributed by atoms with E-state index in [2.05, 4.69) is 12.1 Å². The number of nitrogens with zero attached hydrogens (tertiary/aromatic N) is 4. The number of thiophene rings is 2. The van der Waals surface area contributed by atoms with Crippen LogP contribution in [0.2, 0.25) is 0 Å². The molecule has 28 heavy (non-hydrogen) atoms. The molecule has 2 aliphatic rings. The first-order valence-corrected chi connectivity index (χ1v) is 10.6. The van der Waals surface area contributed by atoms with E-state index in [1.165, 1.54) is 40.1 Å². The van der Waals surface area contributed by atoms with E-state index in [1.807, 2.05) is 24.3 Å². The second kappa shape index (κ2) is 7.10. The van der Waals surface area contributed by atoms with Gasteiger partial charge in [0.25, 0.3) is 0 Å². The highest BCUT2D eigenvalue weighted by Crippen LogP contribution is 2.60. The van der Waals surface area contributed by atoms with Gasteiger partial charge in [-0.2, -0.15) is 21.0 Å². The average Bonchev–Trinajstić information content (AvgIpc) is 3.39. The number of rotatable bonds is 2. The molecule has 1 fully saturated rings. The van der Waals surface area contributed by atoms with Crippen molar-refractivity contribution in [1.29, 1.82) is 21.0 Å². The smallest absolute Gasteiger partial charge is 0.131 e. The molecule has 0 bridgehead atoms. The van der Waals surface area contributed by atoms with Crippen LogP contribution in [0.15, 0.2) is 23.3 Å². The summed E-state index contributed by atoms with van der Waals surface area (Å²) in [5.74, 6) is 0. The maximum Gasteiger partial charge on any atom is 0.131 e. The standard InChI is InChI=1S/C22H14N4S2/c23-10-14(11-24)6-16-8-18-20(27-16)21-19(22(18)4-2-1-3-5-22)9-17(28-21)7-15(12-25)13-26/h6-9H,1-5H2. The fraction of sp³-hybridized carbons (Fsp3) is 0.273. The van der Waals surface area contributed by atoms with Crippen LogP contribution in [0.5, 0.6) is 0 Å². The van der Waals surface area contributed by atoms with Crippen molar-refractivity contribution < 1.29 is 0 Å². The Morgan fingerprint density at radius 3 is 1.57 bits per heavy atom. The zero-order valence-electron chi connectivity index (χ0n) is 15.0. The first-order chi connectivity index (χ1) is 13.6. The molecule has 0 atom stereocenters. The molecule has 134 valence electrons. The SMILES string of the molecule is N#CC(C#N)=Cc1cc2c(s1)-c1sc(C=C(C#N)C#N)cc1C21CCCCC1. The maximum atomic E-state index is 9.08. The largest absolute Gasteiger partial charge is 0.192 e. The predicted octanol–water partition coefficient (Wildman–Crippen LogP) is 5.90. The number of hydrogen-bond donors (Lipinski definition) is 0. The summed E-state index contributed by atoms with van der Waals surface area (Å²) < 4.78 is 0. The van der Waals surface area contributed by atoms with Gasteiger partial charge in [0.2, 0.25) is 0 Å².